The van der Waals surface area contributed by atoms with Gasteiger partial charge < -0.3 is 9.84 Å². The lowest BCUT2D eigenvalue weighted by Crippen LogP contribution is -2.55. The van der Waals surface area contributed by atoms with Gasteiger partial charge in [0.15, 0.2) is 0 Å². The van der Waals surface area contributed by atoms with Gasteiger partial charge in [0.1, 0.15) is 12.1 Å². The molecule has 0 bridgehead atoms. The Hall–Kier alpha value is -1.30. The Morgan fingerprint density at radius 1 is 1.18 bits per heavy atom. The number of nitrogens with one attached hydrogen (secondary N) is 1. The summed E-state index contributed by atoms with van der Waals surface area (Å²) >= 11 is 0. The Morgan fingerprint density at radius 2 is 1.65 bits per heavy atom. The summed E-state index contributed by atoms with van der Waals surface area (Å²) in [5.41, 5.74) is 1.32. The van der Waals surface area contributed by atoms with Gasteiger partial charge in [0.05, 0.1) is 0 Å². The van der Waals surface area contributed by atoms with Crippen LogP contribution in [0.4, 0.5) is 4.79 Å². The predicted octanol–water partition coefficient (Wildman–Crippen LogP) is 1.61. The number of hydrogen-bond acceptors (Lipinski definition) is 4. The second-order valence-corrected chi connectivity index (χ2v) is 5.76. The van der Waals surface area contributed by atoms with E-state index in [1.807, 2.05) is 0 Å². The fourth-order valence-corrected chi connectivity index (χ4v) is 0.991. The molecule has 0 aromatic carbocycles. The van der Waals surface area contributed by atoms with Crippen LogP contribution in [-0.4, -0.2) is 39.9 Å². The molecule has 0 spiro atoms. The van der Waals surface area contributed by atoms with Gasteiger partial charge >= 0.3 is 12.1 Å². The van der Waals surface area contributed by atoms with Crippen LogP contribution >= 0.6 is 0 Å². The molecular formula is C11H22N2O4. The monoisotopic (exact) mass is 246 g/mol. The van der Waals surface area contributed by atoms with Crippen molar-refractivity contribution in [2.24, 2.45) is 0 Å². The Bertz CT molecular complexity index is 289. The quantitative estimate of drug-likeness (QED) is 0.740. The van der Waals surface area contributed by atoms with E-state index in [4.69, 9.17) is 9.84 Å². The zero-order valence-electron chi connectivity index (χ0n) is 11.3. The van der Waals surface area contributed by atoms with Crippen LogP contribution < -0.4 is 5.43 Å². The van der Waals surface area contributed by atoms with Crippen LogP contribution in [0.25, 0.3) is 0 Å². The average Bonchev–Trinajstić information content (AvgIpc) is 1.95. The summed E-state index contributed by atoms with van der Waals surface area (Å²) in [5, 5.41) is 10.1. The molecule has 0 aromatic rings. The summed E-state index contributed by atoms with van der Waals surface area (Å²) in [5.74, 6) is -1.02. The van der Waals surface area contributed by atoms with Gasteiger partial charge in [-0.1, -0.05) is 0 Å². The number of aliphatic carboxylic acids is 1. The fraction of sp³-hybridized carbons (Fsp3) is 0.818. The Labute approximate surface area is 102 Å². The largest absolute Gasteiger partial charge is 0.480 e. The number of carboxylic acid groups (broad SMARTS) is 1. The van der Waals surface area contributed by atoms with Crippen molar-refractivity contribution >= 4 is 12.1 Å². The molecule has 0 aliphatic carbocycles. The molecule has 6 heteroatoms. The molecule has 0 radical (unpaired) electrons. The van der Waals surface area contributed by atoms with Crippen molar-refractivity contribution in [3.05, 3.63) is 0 Å². The highest BCUT2D eigenvalue weighted by atomic mass is 16.6. The molecule has 0 aliphatic rings. The van der Waals surface area contributed by atoms with Crippen molar-refractivity contribution in [1.29, 1.82) is 0 Å². The van der Waals surface area contributed by atoms with Crippen molar-refractivity contribution in [3.8, 4) is 0 Å². The van der Waals surface area contributed by atoms with Crippen LogP contribution in [-0.2, 0) is 9.53 Å². The van der Waals surface area contributed by atoms with E-state index in [1.165, 1.54) is 5.01 Å². The third-order valence-electron chi connectivity index (χ3n) is 1.73. The summed E-state index contributed by atoms with van der Waals surface area (Å²) in [6.07, 6.45) is -0.659. The van der Waals surface area contributed by atoms with E-state index in [0.717, 1.165) is 0 Å². The van der Waals surface area contributed by atoms with Crippen LogP contribution in [0.2, 0.25) is 0 Å². The van der Waals surface area contributed by atoms with E-state index in [2.05, 4.69) is 5.43 Å². The van der Waals surface area contributed by atoms with Crippen LogP contribution in [0.3, 0.4) is 0 Å². The summed E-state index contributed by atoms with van der Waals surface area (Å²) < 4.78 is 5.06. The normalized spacial score (nSPS) is 12.4. The van der Waals surface area contributed by atoms with Gasteiger partial charge in [-0.15, -0.1) is 0 Å². The van der Waals surface area contributed by atoms with Crippen LogP contribution in [0.1, 0.15) is 41.5 Å². The van der Waals surface area contributed by atoms with Crippen molar-refractivity contribution < 1.29 is 19.4 Å². The van der Waals surface area contributed by atoms with Gasteiger partial charge in [-0.2, -0.15) is 0 Å². The van der Waals surface area contributed by atoms with Crippen LogP contribution in [0.15, 0.2) is 0 Å². The molecule has 0 saturated carbocycles. The highest BCUT2D eigenvalue weighted by molar-refractivity contribution is 5.71. The third kappa shape index (κ3) is 7.57. The molecule has 0 saturated heterocycles. The van der Waals surface area contributed by atoms with E-state index in [-0.39, 0.29) is 6.54 Å². The molecule has 100 valence electrons. The first-order valence-electron chi connectivity index (χ1n) is 5.41. The van der Waals surface area contributed by atoms with Crippen molar-refractivity contribution in [1.82, 2.24) is 10.4 Å². The first-order valence-corrected chi connectivity index (χ1v) is 5.41. The Balaban J connectivity index is 4.55. The number of carboxylic acids is 1. The van der Waals surface area contributed by atoms with Gasteiger partial charge in [-0.3, -0.25) is 10.2 Å². The molecule has 2 N–H and O–H groups in total. The zero-order valence-corrected chi connectivity index (χ0v) is 11.3. The number of carbonyl (C=O) groups excluding carboxylic acids is 1. The van der Waals surface area contributed by atoms with E-state index in [1.54, 1.807) is 41.5 Å². The number of nitrogens with zero attached hydrogens (tertiary/aromatic N) is 1. The minimum Gasteiger partial charge on any atom is -0.480 e. The zero-order chi connectivity index (χ0) is 13.9. The maximum Gasteiger partial charge on any atom is 0.422 e. The maximum absolute atomic E-state index is 11.5. The molecule has 0 aromatic heterocycles. The Morgan fingerprint density at radius 3 is 1.94 bits per heavy atom. The number of rotatable bonds is 3. The molecule has 0 fully saturated rings. The highest BCUT2D eigenvalue weighted by Gasteiger charge is 2.27. The molecule has 17 heavy (non-hydrogen) atoms. The average molecular weight is 246 g/mol. The maximum atomic E-state index is 11.5. The molecule has 0 rings (SSSR count). The smallest absolute Gasteiger partial charge is 0.422 e. The second-order valence-electron chi connectivity index (χ2n) is 5.76. The number of ether oxygens (including phenoxy) is 1. The summed E-state index contributed by atoms with van der Waals surface area (Å²) in [6.45, 7) is 10.3. The molecule has 0 atom stereocenters. The molecule has 6 nitrogen and oxygen atoms in total. The van der Waals surface area contributed by atoms with Gasteiger partial charge in [-0.25, -0.2) is 9.80 Å². The fourth-order valence-electron chi connectivity index (χ4n) is 0.991. The van der Waals surface area contributed by atoms with E-state index < -0.39 is 23.2 Å². The van der Waals surface area contributed by atoms with Crippen molar-refractivity contribution in [2.75, 3.05) is 6.54 Å². The van der Waals surface area contributed by atoms with Gasteiger partial charge in [0, 0.05) is 5.54 Å². The molecule has 0 heterocycles. The lowest BCUT2D eigenvalue weighted by atomic mass is 10.1. The summed E-state index contributed by atoms with van der Waals surface area (Å²) in [7, 11) is 0. The highest BCUT2D eigenvalue weighted by Crippen LogP contribution is 2.12. The SMILES string of the molecule is CC(C)(C)OC(=O)NN(CC(=O)O)C(C)(C)C. The lowest BCUT2D eigenvalue weighted by Gasteiger charge is -2.34. The first kappa shape index (κ1) is 15.7. The van der Waals surface area contributed by atoms with Gasteiger partial charge in [0.2, 0.25) is 0 Å². The van der Waals surface area contributed by atoms with Crippen LogP contribution in [0, 0.1) is 0 Å². The standard InChI is InChI=1S/C11H22N2O4/c1-10(2,3)13(7-8(14)15)12-9(16)17-11(4,5)6/h7H2,1-6H3,(H,12,16)(H,14,15). The molecular weight excluding hydrogens is 224 g/mol. The molecule has 1 amide bonds. The van der Waals surface area contributed by atoms with E-state index >= 15 is 0 Å². The molecule has 0 aliphatic heterocycles. The van der Waals surface area contributed by atoms with E-state index in [9.17, 15) is 9.59 Å². The second kappa shape index (κ2) is 5.35. The number of hydrogen-bond donors (Lipinski definition) is 2. The number of amides is 1. The first-order chi connectivity index (χ1) is 7.42. The molecule has 0 unspecified atom stereocenters. The minimum atomic E-state index is -1.02. The van der Waals surface area contributed by atoms with Crippen molar-refractivity contribution in [2.45, 2.75) is 52.7 Å². The summed E-state index contributed by atoms with van der Waals surface area (Å²) in [4.78, 5) is 22.2. The topological polar surface area (TPSA) is 78.9 Å². The van der Waals surface area contributed by atoms with Crippen LogP contribution in [0.5, 0.6) is 0 Å². The number of hydrazine groups is 1. The van der Waals surface area contributed by atoms with Gasteiger partial charge in [-0.05, 0) is 41.5 Å². The van der Waals surface area contributed by atoms with Gasteiger partial charge in [0.25, 0.3) is 0 Å². The lowest BCUT2D eigenvalue weighted by molar-refractivity contribution is -0.140. The predicted molar refractivity (Wildman–Crippen MR) is 63.5 cm³/mol. The number of carbonyl (C=O) groups is 2. The Kier molecular flexibility index (Phi) is 4.94. The summed E-state index contributed by atoms with van der Waals surface area (Å²) in [6, 6.07) is 0. The van der Waals surface area contributed by atoms with Crippen molar-refractivity contribution in [3.63, 3.8) is 0 Å². The third-order valence-corrected chi connectivity index (χ3v) is 1.73. The van der Waals surface area contributed by atoms with E-state index in [0.29, 0.717) is 0 Å². The minimum absolute atomic E-state index is 0.289.